The summed E-state index contributed by atoms with van der Waals surface area (Å²) < 4.78 is 39.9. The lowest BCUT2D eigenvalue weighted by atomic mass is 9.90. The summed E-state index contributed by atoms with van der Waals surface area (Å²) in [6.45, 7) is 4.70. The molecule has 1 saturated heterocycles. The van der Waals surface area contributed by atoms with Crippen molar-refractivity contribution >= 4 is 11.7 Å². The summed E-state index contributed by atoms with van der Waals surface area (Å²) in [4.78, 5) is 22.4. The smallest absolute Gasteiger partial charge is 0.342 e. The normalized spacial score (nSPS) is 15.6. The average Bonchev–Trinajstić information content (AvgIpc) is 3.17. The highest BCUT2D eigenvalue weighted by Crippen LogP contribution is 2.27. The largest absolute Gasteiger partial charge is 0.453 e. The number of amides is 1. The zero-order valence-corrected chi connectivity index (χ0v) is 17.5. The third kappa shape index (κ3) is 4.55. The van der Waals surface area contributed by atoms with E-state index in [-0.39, 0.29) is 18.1 Å². The van der Waals surface area contributed by atoms with Crippen molar-refractivity contribution in [3.8, 4) is 0 Å². The van der Waals surface area contributed by atoms with Crippen LogP contribution in [0.1, 0.15) is 41.2 Å². The molecule has 0 saturated carbocycles. The van der Waals surface area contributed by atoms with Gasteiger partial charge in [0.25, 0.3) is 11.6 Å². The van der Waals surface area contributed by atoms with Gasteiger partial charge in [-0.3, -0.25) is 4.79 Å². The molecule has 3 aromatic rings. The van der Waals surface area contributed by atoms with Crippen LogP contribution in [-0.2, 0) is 23.8 Å². The van der Waals surface area contributed by atoms with Gasteiger partial charge in [-0.15, -0.1) is 5.10 Å². The number of carbonyl (C=O) groups excluding carboxylic acids is 1. The molecule has 1 amide bonds. The molecule has 0 spiro atoms. The summed E-state index contributed by atoms with van der Waals surface area (Å²) in [5.41, 5.74) is 2.86. The van der Waals surface area contributed by atoms with Crippen molar-refractivity contribution in [1.29, 1.82) is 0 Å². The van der Waals surface area contributed by atoms with Gasteiger partial charge in [0.05, 0.1) is 6.42 Å². The molecule has 0 bridgehead atoms. The van der Waals surface area contributed by atoms with Crippen molar-refractivity contribution in [2.45, 2.75) is 45.7 Å². The van der Waals surface area contributed by atoms with E-state index in [0.29, 0.717) is 36.0 Å². The Labute approximate surface area is 178 Å². The van der Waals surface area contributed by atoms with Crippen molar-refractivity contribution < 1.29 is 18.0 Å². The van der Waals surface area contributed by atoms with E-state index in [4.69, 9.17) is 0 Å². The zero-order chi connectivity index (χ0) is 22.2. The molecule has 0 unspecified atom stereocenters. The van der Waals surface area contributed by atoms with Crippen molar-refractivity contribution in [3.05, 3.63) is 58.7 Å². The predicted octanol–water partition coefficient (Wildman–Crippen LogP) is 3.78. The molecule has 1 aromatic carbocycles. The van der Waals surface area contributed by atoms with Crippen LogP contribution in [0.4, 0.5) is 13.2 Å². The first kappa shape index (κ1) is 21.3. The maximum Gasteiger partial charge on any atom is 0.453 e. The number of rotatable bonds is 4. The Morgan fingerprint density at radius 2 is 1.77 bits per heavy atom. The van der Waals surface area contributed by atoms with Gasteiger partial charge in [0.2, 0.25) is 5.91 Å². The van der Waals surface area contributed by atoms with Gasteiger partial charge in [0, 0.05) is 30.0 Å². The molecule has 6 nitrogen and oxygen atoms in total. The van der Waals surface area contributed by atoms with Crippen LogP contribution in [0.5, 0.6) is 0 Å². The molecule has 2 aromatic heterocycles. The monoisotopic (exact) mass is 431 g/mol. The molecule has 1 aliphatic heterocycles. The van der Waals surface area contributed by atoms with Gasteiger partial charge < -0.3 is 4.90 Å². The van der Waals surface area contributed by atoms with E-state index < -0.39 is 12.0 Å². The molecule has 164 valence electrons. The Kier molecular flexibility index (Phi) is 5.68. The van der Waals surface area contributed by atoms with Gasteiger partial charge in [0.1, 0.15) is 0 Å². The van der Waals surface area contributed by atoms with Crippen molar-refractivity contribution in [2.75, 3.05) is 13.1 Å². The Morgan fingerprint density at radius 1 is 1.10 bits per heavy atom. The number of fused-ring (bicyclic) bond motifs is 1. The second-order valence-electron chi connectivity index (χ2n) is 8.10. The van der Waals surface area contributed by atoms with E-state index in [1.54, 1.807) is 13.8 Å². The van der Waals surface area contributed by atoms with E-state index in [1.807, 2.05) is 23.1 Å². The molecular formula is C22H24F3N5O. The third-order valence-electron chi connectivity index (χ3n) is 5.96. The maximum absolute atomic E-state index is 13.0. The Balaban J connectivity index is 1.44. The van der Waals surface area contributed by atoms with Gasteiger partial charge in [-0.2, -0.15) is 18.2 Å². The summed E-state index contributed by atoms with van der Waals surface area (Å²) in [6.07, 6.45) is -1.67. The van der Waals surface area contributed by atoms with E-state index in [1.165, 1.54) is 5.56 Å². The van der Waals surface area contributed by atoms with Gasteiger partial charge >= 0.3 is 6.18 Å². The lowest BCUT2D eigenvalue weighted by Crippen LogP contribution is -2.40. The van der Waals surface area contributed by atoms with Crippen LogP contribution in [-0.4, -0.2) is 43.5 Å². The van der Waals surface area contributed by atoms with Crippen LogP contribution in [0, 0.1) is 19.8 Å². The highest BCUT2D eigenvalue weighted by molar-refractivity contribution is 5.79. The molecule has 1 aliphatic rings. The number of nitrogens with zero attached hydrogens (tertiary/aromatic N) is 5. The fourth-order valence-electron chi connectivity index (χ4n) is 4.18. The fraction of sp³-hybridized carbons (Fsp3) is 0.455. The lowest BCUT2D eigenvalue weighted by molar-refractivity contribution is -0.144. The molecule has 0 radical (unpaired) electrons. The van der Waals surface area contributed by atoms with Crippen LogP contribution in [0.2, 0.25) is 0 Å². The number of carbonyl (C=O) groups is 1. The van der Waals surface area contributed by atoms with Crippen LogP contribution in [0.25, 0.3) is 5.78 Å². The molecule has 4 rings (SSSR count). The van der Waals surface area contributed by atoms with Gasteiger partial charge in [-0.1, -0.05) is 30.3 Å². The number of halogens is 3. The first-order valence-corrected chi connectivity index (χ1v) is 10.3. The molecule has 0 aliphatic carbocycles. The molecular weight excluding hydrogens is 407 g/mol. The molecule has 0 N–H and O–H groups in total. The first-order chi connectivity index (χ1) is 14.7. The number of aromatic nitrogens is 4. The Bertz CT molecular complexity index is 1090. The highest BCUT2D eigenvalue weighted by atomic mass is 19.4. The molecule has 31 heavy (non-hydrogen) atoms. The number of alkyl halides is 3. The van der Waals surface area contributed by atoms with Crippen LogP contribution in [0.15, 0.2) is 30.3 Å². The number of likely N-dealkylation sites (tertiary alicyclic amines) is 1. The van der Waals surface area contributed by atoms with Crippen molar-refractivity contribution in [1.82, 2.24) is 24.5 Å². The molecule has 3 heterocycles. The SMILES string of the molecule is Cc1nc2nc(C(F)(F)F)nn2c(C)c1CC(=O)N1CCC(Cc2ccccc2)CC1. The summed E-state index contributed by atoms with van der Waals surface area (Å²) in [6, 6.07) is 10.3. The average molecular weight is 431 g/mol. The standard InChI is InChI=1S/C22H24F3N5O/c1-14-18(15(2)30-21(26-14)27-20(28-30)22(23,24)25)13-19(31)29-10-8-17(9-11-29)12-16-6-4-3-5-7-16/h3-7,17H,8-13H2,1-2H3. The minimum absolute atomic E-state index is 0.0401. The third-order valence-corrected chi connectivity index (χ3v) is 5.96. The number of aryl methyl sites for hydroxylation is 2. The second kappa shape index (κ2) is 8.28. The zero-order valence-electron chi connectivity index (χ0n) is 17.5. The summed E-state index contributed by atoms with van der Waals surface area (Å²) >= 11 is 0. The number of piperidine rings is 1. The quantitative estimate of drug-likeness (QED) is 0.631. The lowest BCUT2D eigenvalue weighted by Gasteiger charge is -2.32. The van der Waals surface area contributed by atoms with E-state index in [2.05, 4.69) is 27.2 Å². The van der Waals surface area contributed by atoms with Crippen LogP contribution >= 0.6 is 0 Å². The second-order valence-corrected chi connectivity index (χ2v) is 8.10. The van der Waals surface area contributed by atoms with Crippen LogP contribution in [0.3, 0.4) is 0 Å². The number of hydrogen-bond donors (Lipinski definition) is 0. The van der Waals surface area contributed by atoms with Gasteiger partial charge in [-0.05, 0) is 44.6 Å². The van der Waals surface area contributed by atoms with Crippen LogP contribution < -0.4 is 0 Å². The minimum Gasteiger partial charge on any atom is -0.342 e. The highest BCUT2D eigenvalue weighted by Gasteiger charge is 2.37. The van der Waals surface area contributed by atoms with Gasteiger partial charge in [-0.25, -0.2) is 9.50 Å². The molecule has 1 fully saturated rings. The van der Waals surface area contributed by atoms with Crippen molar-refractivity contribution in [3.63, 3.8) is 0 Å². The first-order valence-electron chi connectivity index (χ1n) is 10.3. The molecule has 9 heteroatoms. The fourth-order valence-corrected chi connectivity index (χ4v) is 4.18. The number of hydrogen-bond acceptors (Lipinski definition) is 4. The summed E-state index contributed by atoms with van der Waals surface area (Å²) in [5.74, 6) is -0.836. The summed E-state index contributed by atoms with van der Waals surface area (Å²) in [7, 11) is 0. The van der Waals surface area contributed by atoms with Gasteiger partial charge in [0.15, 0.2) is 0 Å². The minimum atomic E-state index is -4.64. The number of benzene rings is 1. The summed E-state index contributed by atoms with van der Waals surface area (Å²) in [5, 5.41) is 3.55. The van der Waals surface area contributed by atoms with E-state index in [0.717, 1.165) is 23.8 Å². The predicted molar refractivity (Wildman–Crippen MR) is 108 cm³/mol. The maximum atomic E-state index is 13.0. The van der Waals surface area contributed by atoms with E-state index >= 15 is 0 Å². The molecule has 0 atom stereocenters. The Morgan fingerprint density at radius 3 is 2.42 bits per heavy atom. The topological polar surface area (TPSA) is 63.4 Å². The Hall–Kier alpha value is -2.97. The van der Waals surface area contributed by atoms with Crippen molar-refractivity contribution in [2.24, 2.45) is 5.92 Å². The van der Waals surface area contributed by atoms with E-state index in [9.17, 15) is 18.0 Å².